The van der Waals surface area contributed by atoms with Crippen LogP contribution in [0.15, 0.2) is 36.7 Å². The van der Waals surface area contributed by atoms with Crippen LogP contribution in [0.4, 0.5) is 8.78 Å². The van der Waals surface area contributed by atoms with E-state index in [0.717, 1.165) is 56.7 Å². The van der Waals surface area contributed by atoms with Crippen molar-refractivity contribution < 1.29 is 18.7 Å². The van der Waals surface area contributed by atoms with E-state index in [2.05, 4.69) is 27.1 Å². The number of pyridine rings is 1. The minimum atomic E-state index is -0.619. The van der Waals surface area contributed by atoms with Crippen molar-refractivity contribution in [2.75, 3.05) is 33.2 Å². The molecule has 8 heteroatoms. The molecule has 0 unspecified atom stereocenters. The van der Waals surface area contributed by atoms with E-state index >= 15 is 4.39 Å². The van der Waals surface area contributed by atoms with Gasteiger partial charge in [0.25, 0.3) is 5.91 Å². The number of aliphatic hydroxyl groups is 1. The summed E-state index contributed by atoms with van der Waals surface area (Å²) >= 11 is 0. The molecular formula is C26H32F2N4O2. The molecule has 1 aromatic heterocycles. The second-order valence-electron chi connectivity index (χ2n) is 9.32. The third-order valence-corrected chi connectivity index (χ3v) is 6.66. The minimum Gasteiger partial charge on any atom is -0.391 e. The number of hydrogen-bond donors (Lipinski definition) is 2. The maximum atomic E-state index is 15.1. The van der Waals surface area contributed by atoms with Crippen molar-refractivity contribution in [2.24, 2.45) is 0 Å². The van der Waals surface area contributed by atoms with Crippen LogP contribution in [0.2, 0.25) is 0 Å². The van der Waals surface area contributed by atoms with Gasteiger partial charge in [0.15, 0.2) is 0 Å². The number of piperazine rings is 1. The maximum Gasteiger partial charge on any atom is 0.251 e. The summed E-state index contributed by atoms with van der Waals surface area (Å²) in [6.07, 6.45) is 6.87. The van der Waals surface area contributed by atoms with Gasteiger partial charge in [-0.3, -0.25) is 14.7 Å². The molecule has 4 rings (SSSR count). The fourth-order valence-corrected chi connectivity index (χ4v) is 4.52. The van der Waals surface area contributed by atoms with Crippen LogP contribution in [-0.2, 0) is 6.54 Å². The van der Waals surface area contributed by atoms with E-state index in [4.69, 9.17) is 0 Å². The van der Waals surface area contributed by atoms with Crippen molar-refractivity contribution in [3.05, 3.63) is 64.7 Å². The van der Waals surface area contributed by atoms with Gasteiger partial charge in [-0.2, -0.15) is 0 Å². The third-order valence-electron chi connectivity index (χ3n) is 6.66. The highest BCUT2D eigenvalue weighted by Gasteiger charge is 2.25. The van der Waals surface area contributed by atoms with Crippen LogP contribution in [-0.4, -0.2) is 71.2 Å². The summed E-state index contributed by atoms with van der Waals surface area (Å²) in [6.45, 7) is 4.54. The molecule has 2 N–H and O–H groups in total. The Balaban J connectivity index is 1.47. The average Bonchev–Trinajstić information content (AvgIpc) is 2.83. The standard InChI is InChI=1S/C26H32F2N4O2/c1-31-8-10-32(11-9-31)17-18-12-21(16-29-15-18)23(28)14-20-13-19(6-7-22(20)27)26(34)30-24-4-2-3-5-25(24)33/h6-7,12-16,24-25,33H,2-5,8-11,17H2,1H3,(H,30,34)/b23-14-/t24-,25-/m0/s1. The second-order valence-corrected chi connectivity index (χ2v) is 9.32. The molecule has 1 amide bonds. The Labute approximate surface area is 199 Å². The van der Waals surface area contributed by atoms with E-state index in [0.29, 0.717) is 19.4 Å². The molecule has 6 nitrogen and oxygen atoms in total. The molecule has 182 valence electrons. The van der Waals surface area contributed by atoms with Crippen molar-refractivity contribution in [1.82, 2.24) is 20.1 Å². The molecular weight excluding hydrogens is 438 g/mol. The molecule has 2 fully saturated rings. The van der Waals surface area contributed by atoms with Gasteiger partial charge in [0.05, 0.1) is 12.1 Å². The number of amides is 1. The zero-order chi connectivity index (χ0) is 24.1. The normalized spacial score (nSPS) is 22.5. The molecule has 1 saturated heterocycles. The summed E-state index contributed by atoms with van der Waals surface area (Å²) in [6, 6.07) is 5.27. The van der Waals surface area contributed by atoms with Gasteiger partial charge in [0.1, 0.15) is 11.6 Å². The number of aromatic nitrogens is 1. The summed E-state index contributed by atoms with van der Waals surface area (Å²) in [5, 5.41) is 12.9. The predicted octanol–water partition coefficient (Wildman–Crippen LogP) is 3.47. The van der Waals surface area contributed by atoms with Crippen LogP contribution in [0.1, 0.15) is 52.7 Å². The Morgan fingerprint density at radius 3 is 2.68 bits per heavy atom. The van der Waals surface area contributed by atoms with Crippen molar-refractivity contribution in [1.29, 1.82) is 0 Å². The SMILES string of the molecule is CN1CCN(Cc2cncc(/C(F)=C/c3cc(C(=O)N[C@H]4CCCC[C@@H]4O)ccc3F)c2)CC1. The first kappa shape index (κ1) is 24.4. The van der Waals surface area contributed by atoms with E-state index in [1.54, 1.807) is 12.3 Å². The zero-order valence-corrected chi connectivity index (χ0v) is 19.5. The lowest BCUT2D eigenvalue weighted by Gasteiger charge is -2.32. The molecule has 0 radical (unpaired) electrons. The molecule has 1 saturated carbocycles. The number of benzene rings is 1. The van der Waals surface area contributed by atoms with Gasteiger partial charge in [-0.15, -0.1) is 0 Å². The van der Waals surface area contributed by atoms with Gasteiger partial charge in [-0.25, -0.2) is 8.78 Å². The van der Waals surface area contributed by atoms with Crippen molar-refractivity contribution in [3.8, 4) is 0 Å². The van der Waals surface area contributed by atoms with E-state index in [1.165, 1.54) is 18.3 Å². The van der Waals surface area contributed by atoms with E-state index < -0.39 is 23.7 Å². The summed E-state index contributed by atoms with van der Waals surface area (Å²) in [5.41, 5.74) is 1.37. The quantitative estimate of drug-likeness (QED) is 0.677. The molecule has 34 heavy (non-hydrogen) atoms. The average molecular weight is 471 g/mol. The molecule has 1 aliphatic carbocycles. The first-order chi connectivity index (χ1) is 16.4. The minimum absolute atomic E-state index is 0.0150. The highest BCUT2D eigenvalue weighted by Crippen LogP contribution is 2.24. The van der Waals surface area contributed by atoms with Gasteiger partial charge >= 0.3 is 0 Å². The molecule has 1 aliphatic heterocycles. The Hall–Kier alpha value is -2.68. The van der Waals surface area contributed by atoms with Crippen LogP contribution in [0.3, 0.4) is 0 Å². The Kier molecular flexibility index (Phi) is 8.03. The summed E-state index contributed by atoms with van der Waals surface area (Å²) < 4.78 is 29.5. The lowest BCUT2D eigenvalue weighted by atomic mass is 9.92. The van der Waals surface area contributed by atoms with Crippen molar-refractivity contribution in [2.45, 2.75) is 44.4 Å². The van der Waals surface area contributed by atoms with Crippen LogP contribution < -0.4 is 5.32 Å². The zero-order valence-electron chi connectivity index (χ0n) is 19.5. The fourth-order valence-electron chi connectivity index (χ4n) is 4.52. The molecule has 2 aromatic rings. The van der Waals surface area contributed by atoms with Gasteiger partial charge in [-0.1, -0.05) is 12.8 Å². The van der Waals surface area contributed by atoms with Crippen LogP contribution >= 0.6 is 0 Å². The van der Waals surface area contributed by atoms with E-state index in [1.807, 2.05) is 0 Å². The summed E-state index contributed by atoms with van der Waals surface area (Å²) in [7, 11) is 2.09. The van der Waals surface area contributed by atoms with Gasteiger partial charge in [0, 0.05) is 61.8 Å². The third kappa shape index (κ3) is 6.25. The second kappa shape index (κ2) is 11.2. The Morgan fingerprint density at radius 1 is 1.15 bits per heavy atom. The van der Waals surface area contributed by atoms with Crippen LogP contribution in [0, 0.1) is 5.82 Å². The lowest BCUT2D eigenvalue weighted by Crippen LogP contribution is -2.45. The smallest absolute Gasteiger partial charge is 0.251 e. The van der Waals surface area contributed by atoms with Crippen LogP contribution in [0.25, 0.3) is 11.9 Å². The molecule has 2 aliphatic rings. The number of carbonyl (C=O) groups excluding carboxylic acids is 1. The van der Waals surface area contributed by atoms with Gasteiger partial charge in [0.2, 0.25) is 0 Å². The molecule has 1 aromatic carbocycles. The summed E-state index contributed by atoms with van der Waals surface area (Å²) in [5.74, 6) is -1.64. The largest absolute Gasteiger partial charge is 0.391 e. The topological polar surface area (TPSA) is 68.7 Å². The van der Waals surface area contributed by atoms with Gasteiger partial charge in [-0.05, 0) is 55.8 Å². The highest BCUT2D eigenvalue weighted by atomic mass is 19.1. The Bertz CT molecular complexity index is 1040. The fraction of sp³-hybridized carbons (Fsp3) is 0.462. The van der Waals surface area contributed by atoms with Gasteiger partial charge < -0.3 is 15.3 Å². The van der Waals surface area contributed by atoms with E-state index in [9.17, 15) is 14.3 Å². The number of nitrogens with one attached hydrogen (secondary N) is 1. The number of carbonyl (C=O) groups is 1. The number of nitrogens with zero attached hydrogens (tertiary/aromatic N) is 3. The highest BCUT2D eigenvalue weighted by molar-refractivity contribution is 5.95. The van der Waals surface area contributed by atoms with Crippen molar-refractivity contribution >= 4 is 17.8 Å². The molecule has 0 spiro atoms. The monoisotopic (exact) mass is 470 g/mol. The molecule has 2 atom stereocenters. The maximum absolute atomic E-state index is 15.1. The summed E-state index contributed by atoms with van der Waals surface area (Å²) in [4.78, 5) is 21.4. The van der Waals surface area contributed by atoms with Crippen LogP contribution in [0.5, 0.6) is 0 Å². The van der Waals surface area contributed by atoms with Crippen molar-refractivity contribution in [3.63, 3.8) is 0 Å². The molecule has 2 heterocycles. The number of likely N-dealkylation sites (N-methyl/N-ethyl adjacent to an activating group) is 1. The Morgan fingerprint density at radius 2 is 1.91 bits per heavy atom. The predicted molar refractivity (Wildman–Crippen MR) is 128 cm³/mol. The molecule has 0 bridgehead atoms. The lowest BCUT2D eigenvalue weighted by molar-refractivity contribution is 0.0717. The number of rotatable bonds is 6. The first-order valence-electron chi connectivity index (χ1n) is 11.9. The number of aliphatic hydroxyl groups excluding tert-OH is 1. The number of halogens is 2. The van der Waals surface area contributed by atoms with E-state index in [-0.39, 0.29) is 22.7 Å². The first-order valence-corrected chi connectivity index (χ1v) is 11.9. The number of hydrogen-bond acceptors (Lipinski definition) is 5.